The van der Waals surface area contributed by atoms with Gasteiger partial charge in [0.25, 0.3) is 5.56 Å². The number of aromatic nitrogens is 2. The van der Waals surface area contributed by atoms with Gasteiger partial charge in [0.15, 0.2) is 0 Å². The largest absolute Gasteiger partial charge is 0.399 e. The van der Waals surface area contributed by atoms with Gasteiger partial charge in [-0.25, -0.2) is 4.39 Å². The first-order valence-corrected chi connectivity index (χ1v) is 7.82. The van der Waals surface area contributed by atoms with Crippen molar-refractivity contribution in [2.75, 3.05) is 5.73 Å². The molecular weight excluding hydrogens is 329 g/mol. The summed E-state index contributed by atoms with van der Waals surface area (Å²) in [6.07, 6.45) is 0.624. The number of halogens is 2. The minimum atomic E-state index is -0.541. The quantitative estimate of drug-likeness (QED) is 0.735. The van der Waals surface area contributed by atoms with Gasteiger partial charge in [0, 0.05) is 17.3 Å². The molecule has 0 spiro atoms. The minimum absolute atomic E-state index is 0.0563. The third-order valence-corrected chi connectivity index (χ3v) is 3.98. The predicted molar refractivity (Wildman–Crippen MR) is 94.0 cm³/mol. The van der Waals surface area contributed by atoms with Crippen LogP contribution in [-0.2, 0) is 6.42 Å². The lowest BCUT2D eigenvalue weighted by Crippen LogP contribution is -2.22. The molecule has 0 amide bonds. The monoisotopic (exact) mass is 343 g/mol. The van der Waals surface area contributed by atoms with E-state index in [-0.39, 0.29) is 10.6 Å². The molecule has 0 aliphatic rings. The van der Waals surface area contributed by atoms with Gasteiger partial charge < -0.3 is 5.73 Å². The van der Waals surface area contributed by atoms with Crippen LogP contribution in [-0.4, -0.2) is 9.78 Å². The molecule has 3 rings (SSSR count). The van der Waals surface area contributed by atoms with Gasteiger partial charge in [-0.2, -0.15) is 9.78 Å². The zero-order valence-corrected chi connectivity index (χ0v) is 13.7. The van der Waals surface area contributed by atoms with Gasteiger partial charge in [-0.05, 0) is 42.3 Å². The highest BCUT2D eigenvalue weighted by molar-refractivity contribution is 6.30. The summed E-state index contributed by atoms with van der Waals surface area (Å²) in [5.74, 6) is -0.541. The fraction of sp³-hybridized carbons (Fsp3) is 0.111. The molecular formula is C18H15ClFN3O. The van der Waals surface area contributed by atoms with E-state index in [1.54, 1.807) is 12.1 Å². The van der Waals surface area contributed by atoms with Crippen LogP contribution in [0.2, 0.25) is 5.02 Å². The van der Waals surface area contributed by atoms with Gasteiger partial charge in [-0.1, -0.05) is 30.7 Å². The maximum atomic E-state index is 13.3. The molecule has 0 aliphatic heterocycles. The number of anilines is 1. The van der Waals surface area contributed by atoms with Gasteiger partial charge in [-0.15, -0.1) is 0 Å². The van der Waals surface area contributed by atoms with Crippen LogP contribution in [0.15, 0.2) is 53.3 Å². The van der Waals surface area contributed by atoms with E-state index in [1.165, 1.54) is 28.9 Å². The summed E-state index contributed by atoms with van der Waals surface area (Å²) in [5, 5.41) is 4.36. The highest BCUT2D eigenvalue weighted by atomic mass is 35.5. The van der Waals surface area contributed by atoms with E-state index in [4.69, 9.17) is 17.3 Å². The predicted octanol–water partition coefficient (Wildman–Crippen LogP) is 3.84. The molecule has 0 radical (unpaired) electrons. The average Bonchev–Trinajstić information content (AvgIpc) is 2.57. The molecule has 2 aromatic carbocycles. The molecule has 0 atom stereocenters. The number of aryl methyl sites for hydroxylation is 1. The van der Waals surface area contributed by atoms with Crippen molar-refractivity contribution in [1.29, 1.82) is 0 Å². The Hall–Kier alpha value is -2.66. The molecule has 0 saturated heterocycles. The van der Waals surface area contributed by atoms with Gasteiger partial charge in [0.1, 0.15) is 5.82 Å². The van der Waals surface area contributed by atoms with E-state index in [0.717, 1.165) is 16.8 Å². The first-order valence-electron chi connectivity index (χ1n) is 7.44. The van der Waals surface area contributed by atoms with Crippen molar-refractivity contribution >= 4 is 17.3 Å². The summed E-state index contributed by atoms with van der Waals surface area (Å²) >= 11 is 5.80. The Morgan fingerprint density at radius 1 is 1.21 bits per heavy atom. The highest BCUT2D eigenvalue weighted by Crippen LogP contribution is 2.24. The molecule has 0 fully saturated rings. The van der Waals surface area contributed by atoms with Crippen molar-refractivity contribution < 1.29 is 4.39 Å². The molecule has 1 aromatic heterocycles. The number of nitrogens with zero attached hydrogens (tertiary/aromatic N) is 2. The zero-order valence-electron chi connectivity index (χ0n) is 13.0. The number of nitrogens with two attached hydrogens (primary N) is 1. The standard InChI is InChI=1S/C18H15ClFN3O/c1-2-17-14(11-4-3-5-12(21)8-11)10-18(24)23(22-17)13-6-7-16(20)15(19)9-13/h3-10H,2,21H2,1H3. The first-order chi connectivity index (χ1) is 11.5. The second-order valence-corrected chi connectivity index (χ2v) is 5.74. The topological polar surface area (TPSA) is 60.9 Å². The second-order valence-electron chi connectivity index (χ2n) is 5.33. The molecule has 0 aliphatic carbocycles. The van der Waals surface area contributed by atoms with Crippen LogP contribution in [0, 0.1) is 5.82 Å². The van der Waals surface area contributed by atoms with Crippen molar-refractivity contribution in [3.63, 3.8) is 0 Å². The molecule has 24 heavy (non-hydrogen) atoms. The highest BCUT2D eigenvalue weighted by Gasteiger charge is 2.12. The molecule has 4 nitrogen and oxygen atoms in total. The third kappa shape index (κ3) is 3.03. The number of rotatable bonds is 3. The van der Waals surface area contributed by atoms with E-state index >= 15 is 0 Å². The zero-order chi connectivity index (χ0) is 17.3. The lowest BCUT2D eigenvalue weighted by atomic mass is 10.0. The summed E-state index contributed by atoms with van der Waals surface area (Å²) in [6.45, 7) is 1.95. The molecule has 0 bridgehead atoms. The Morgan fingerprint density at radius 3 is 2.67 bits per heavy atom. The van der Waals surface area contributed by atoms with Crippen molar-refractivity contribution in [3.8, 4) is 16.8 Å². The third-order valence-electron chi connectivity index (χ3n) is 3.69. The summed E-state index contributed by atoms with van der Waals surface area (Å²) in [7, 11) is 0. The molecule has 2 N–H and O–H groups in total. The Bertz CT molecular complexity index is 969. The molecule has 122 valence electrons. The van der Waals surface area contributed by atoms with Crippen LogP contribution >= 0.6 is 11.6 Å². The SMILES string of the molecule is CCc1nn(-c2ccc(F)c(Cl)c2)c(=O)cc1-c1cccc(N)c1. The first kappa shape index (κ1) is 16.2. The van der Waals surface area contributed by atoms with Crippen LogP contribution in [0.5, 0.6) is 0 Å². The van der Waals surface area contributed by atoms with E-state index in [9.17, 15) is 9.18 Å². The van der Waals surface area contributed by atoms with Crippen molar-refractivity contribution in [2.45, 2.75) is 13.3 Å². The summed E-state index contributed by atoms with van der Waals surface area (Å²) in [6, 6.07) is 12.9. The fourth-order valence-electron chi connectivity index (χ4n) is 2.51. The molecule has 0 unspecified atom stereocenters. The van der Waals surface area contributed by atoms with Crippen LogP contribution < -0.4 is 11.3 Å². The van der Waals surface area contributed by atoms with Crippen LogP contribution in [0.4, 0.5) is 10.1 Å². The average molecular weight is 344 g/mol. The Morgan fingerprint density at radius 2 is 2.00 bits per heavy atom. The van der Waals surface area contributed by atoms with E-state index in [2.05, 4.69) is 5.10 Å². The summed E-state index contributed by atoms with van der Waals surface area (Å²) in [4.78, 5) is 12.5. The normalized spacial score (nSPS) is 10.8. The van der Waals surface area contributed by atoms with Gasteiger partial charge >= 0.3 is 0 Å². The van der Waals surface area contributed by atoms with Crippen LogP contribution in [0.3, 0.4) is 0 Å². The number of benzene rings is 2. The van der Waals surface area contributed by atoms with Crippen molar-refractivity contribution in [3.05, 3.63) is 75.4 Å². The van der Waals surface area contributed by atoms with E-state index in [0.29, 0.717) is 17.8 Å². The van der Waals surface area contributed by atoms with Gasteiger partial charge in [-0.3, -0.25) is 4.79 Å². The van der Waals surface area contributed by atoms with E-state index in [1.807, 2.05) is 19.1 Å². The summed E-state index contributed by atoms with van der Waals surface area (Å²) in [5.41, 5.74) is 8.83. The minimum Gasteiger partial charge on any atom is -0.399 e. The maximum Gasteiger partial charge on any atom is 0.272 e. The van der Waals surface area contributed by atoms with Crippen LogP contribution in [0.25, 0.3) is 16.8 Å². The Labute approximate surface area is 143 Å². The number of nitrogen functional groups attached to an aromatic ring is 1. The molecule has 3 aromatic rings. The smallest absolute Gasteiger partial charge is 0.272 e. The van der Waals surface area contributed by atoms with Crippen LogP contribution in [0.1, 0.15) is 12.6 Å². The Balaban J connectivity index is 2.18. The van der Waals surface area contributed by atoms with E-state index < -0.39 is 5.82 Å². The molecule has 1 heterocycles. The molecule has 0 saturated carbocycles. The lowest BCUT2D eigenvalue weighted by Gasteiger charge is -2.12. The molecule has 6 heteroatoms. The number of hydrogen-bond acceptors (Lipinski definition) is 3. The maximum absolute atomic E-state index is 13.3. The second kappa shape index (κ2) is 6.45. The Kier molecular flexibility index (Phi) is 4.36. The van der Waals surface area contributed by atoms with Crippen molar-refractivity contribution in [2.24, 2.45) is 0 Å². The summed E-state index contributed by atoms with van der Waals surface area (Å²) < 4.78 is 14.6. The lowest BCUT2D eigenvalue weighted by molar-refractivity contribution is 0.627. The van der Waals surface area contributed by atoms with Gasteiger partial charge in [0.05, 0.1) is 16.4 Å². The number of hydrogen-bond donors (Lipinski definition) is 1. The van der Waals surface area contributed by atoms with Crippen molar-refractivity contribution in [1.82, 2.24) is 9.78 Å². The van der Waals surface area contributed by atoms with Gasteiger partial charge in [0.2, 0.25) is 0 Å². The fourth-order valence-corrected chi connectivity index (χ4v) is 2.69.